The van der Waals surface area contributed by atoms with Crippen molar-refractivity contribution in [2.75, 3.05) is 19.7 Å². The van der Waals surface area contributed by atoms with E-state index in [-0.39, 0.29) is 36.2 Å². The molecule has 2 aliphatic heterocycles. The number of hydrogen-bond acceptors (Lipinski definition) is 7. The lowest BCUT2D eigenvalue weighted by Gasteiger charge is -2.48. The summed E-state index contributed by atoms with van der Waals surface area (Å²) in [4.78, 5) is 45.5. The summed E-state index contributed by atoms with van der Waals surface area (Å²) in [5, 5.41) is 24.6. The van der Waals surface area contributed by atoms with Gasteiger partial charge in [-0.05, 0) is 119 Å². The van der Waals surface area contributed by atoms with Crippen LogP contribution in [0.25, 0.3) is 11.1 Å². The second-order valence-electron chi connectivity index (χ2n) is 19.2. The van der Waals surface area contributed by atoms with Crippen molar-refractivity contribution in [3.05, 3.63) is 107 Å². The maximum absolute atomic E-state index is 15.2. The van der Waals surface area contributed by atoms with Gasteiger partial charge in [0.25, 0.3) is 5.91 Å². The van der Waals surface area contributed by atoms with Crippen molar-refractivity contribution >= 4 is 17.7 Å². The Morgan fingerprint density at radius 3 is 2.34 bits per heavy atom. The molecule has 6 aliphatic rings. The van der Waals surface area contributed by atoms with Crippen LogP contribution >= 0.6 is 0 Å². The molecular weight excluding hydrogens is 727 g/mol. The van der Waals surface area contributed by atoms with Crippen molar-refractivity contribution in [1.29, 1.82) is 0 Å². The monoisotopic (exact) mass is 787 g/mol. The van der Waals surface area contributed by atoms with Gasteiger partial charge in [-0.3, -0.25) is 14.4 Å². The Hall–Kier alpha value is -4.11. The normalized spacial score (nSPS) is 33.0. The van der Waals surface area contributed by atoms with Crippen LogP contribution in [0.4, 0.5) is 0 Å². The first-order valence-electron chi connectivity index (χ1n) is 21.6. The lowest BCUT2D eigenvalue weighted by molar-refractivity contribution is -0.178. The third-order valence-electron chi connectivity index (χ3n) is 15.8. The summed E-state index contributed by atoms with van der Waals surface area (Å²) < 4.78 is 12.3. The third kappa shape index (κ3) is 6.58. The predicted molar refractivity (Wildman–Crippen MR) is 224 cm³/mol. The van der Waals surface area contributed by atoms with Crippen molar-refractivity contribution in [2.24, 2.45) is 16.2 Å². The molecule has 7 atom stereocenters. The van der Waals surface area contributed by atoms with E-state index in [4.69, 9.17) is 9.47 Å². The Morgan fingerprint density at radius 2 is 1.64 bits per heavy atom. The fourth-order valence-corrected chi connectivity index (χ4v) is 11.4. The fourth-order valence-electron chi connectivity index (χ4n) is 11.4. The first kappa shape index (κ1) is 40.7. The minimum absolute atomic E-state index is 0.0673. The third-order valence-corrected chi connectivity index (χ3v) is 15.8. The summed E-state index contributed by atoms with van der Waals surface area (Å²) in [5.74, 6) is -0.869. The quantitative estimate of drug-likeness (QED) is 0.133. The number of nitrogens with zero attached hydrogens (tertiary/aromatic N) is 1. The van der Waals surface area contributed by atoms with Gasteiger partial charge in [-0.25, -0.2) is 0 Å². The summed E-state index contributed by atoms with van der Waals surface area (Å²) in [6, 6.07) is 23.8. The van der Waals surface area contributed by atoms with Crippen molar-refractivity contribution in [2.45, 2.75) is 135 Å². The average molecular weight is 788 g/mol. The number of ketones is 1. The molecule has 8 nitrogen and oxygen atoms in total. The standard InChI is InChI=1S/C50H61NO7/c1-33-13-11-24-47(4)42(23-25-49(47,56)32-51(31-37-16-12-28-57-37)44(54)50-27-26-48(5,45(55)58-50)46(50,2)3)39-22-20-34(29-36(52)21-19-33)30-41(39)43(53)40-18-10-9-17-38(40)35-14-7-6-8-15-35/h6-10,13-15,17-18,20,22,30,36-37,42,52,56H,11-12,16,19,21,23-29,31-32H2,1-5H3/t36-,37+,42-,47-,48-,49+,50+/m0/s1. The number of carbonyl (C=O) groups is 3. The molecule has 58 heavy (non-hydrogen) atoms. The number of aliphatic hydroxyl groups excluding tert-OH is 1. The van der Waals surface area contributed by atoms with Crippen LogP contribution in [0, 0.1) is 16.2 Å². The van der Waals surface area contributed by atoms with E-state index in [9.17, 15) is 15.0 Å². The highest BCUT2D eigenvalue weighted by molar-refractivity contribution is 6.14. The lowest BCUT2D eigenvalue weighted by Crippen LogP contribution is -2.61. The van der Waals surface area contributed by atoms with Gasteiger partial charge < -0.3 is 24.6 Å². The van der Waals surface area contributed by atoms with Gasteiger partial charge in [-0.2, -0.15) is 0 Å². The highest BCUT2D eigenvalue weighted by Gasteiger charge is 2.76. The molecule has 0 spiro atoms. The van der Waals surface area contributed by atoms with Gasteiger partial charge in [0, 0.05) is 35.1 Å². The van der Waals surface area contributed by atoms with E-state index in [1.54, 1.807) is 4.90 Å². The molecule has 9 rings (SSSR count). The predicted octanol–water partition coefficient (Wildman–Crippen LogP) is 8.75. The molecule has 1 amide bonds. The molecular formula is C50H61NO7. The maximum Gasteiger partial charge on any atom is 0.313 e. The van der Waals surface area contributed by atoms with Gasteiger partial charge in [0.1, 0.15) is 0 Å². The lowest BCUT2D eigenvalue weighted by atomic mass is 9.64. The summed E-state index contributed by atoms with van der Waals surface area (Å²) in [7, 11) is 0. The molecule has 0 radical (unpaired) electrons. The minimum Gasteiger partial charge on any atom is -0.448 e. The maximum atomic E-state index is 15.2. The van der Waals surface area contributed by atoms with Crippen LogP contribution in [0.5, 0.6) is 0 Å². The van der Waals surface area contributed by atoms with E-state index >= 15 is 9.59 Å². The van der Waals surface area contributed by atoms with E-state index in [2.05, 4.69) is 26.0 Å². The van der Waals surface area contributed by atoms with Crippen molar-refractivity contribution < 1.29 is 34.1 Å². The first-order valence-corrected chi connectivity index (χ1v) is 21.6. The molecule has 3 aromatic carbocycles. The molecule has 8 heteroatoms. The number of aliphatic hydroxyl groups is 2. The van der Waals surface area contributed by atoms with Gasteiger partial charge in [0.05, 0.1) is 29.8 Å². The zero-order valence-corrected chi connectivity index (χ0v) is 35.0. The molecule has 2 heterocycles. The van der Waals surface area contributed by atoms with Crippen LogP contribution in [0.3, 0.4) is 0 Å². The van der Waals surface area contributed by atoms with E-state index in [1.807, 2.05) is 87.5 Å². The molecule has 4 bridgehead atoms. The Bertz CT molecular complexity index is 2100. The van der Waals surface area contributed by atoms with Crippen molar-refractivity contribution in [3.63, 3.8) is 0 Å². The van der Waals surface area contributed by atoms with Crippen LogP contribution in [-0.2, 0) is 25.5 Å². The molecule has 2 saturated carbocycles. The summed E-state index contributed by atoms with van der Waals surface area (Å²) in [5.41, 5.74) is 1.07. The fraction of sp³-hybridized carbons (Fsp3) is 0.540. The Labute approximate surface area is 344 Å². The topological polar surface area (TPSA) is 113 Å². The molecule has 0 unspecified atom stereocenters. The number of ether oxygens (including phenoxy) is 2. The van der Waals surface area contributed by atoms with E-state index in [1.165, 1.54) is 5.57 Å². The average Bonchev–Trinajstić information content (AvgIpc) is 3.90. The van der Waals surface area contributed by atoms with Gasteiger partial charge in [0.15, 0.2) is 11.4 Å². The van der Waals surface area contributed by atoms with Gasteiger partial charge in [-0.1, -0.05) is 99.2 Å². The number of carbonyl (C=O) groups excluding carboxylic acids is 3. The molecule has 2 N–H and O–H groups in total. The van der Waals surface area contributed by atoms with Gasteiger partial charge >= 0.3 is 5.97 Å². The van der Waals surface area contributed by atoms with Crippen molar-refractivity contribution in [3.8, 4) is 11.1 Å². The SMILES string of the molecule is CC1=CCC[C@@]2(C)[C@@H](CC[C@@]2(O)CN(C[C@H]2CCCO2)C(=O)[C@@]23CC[C@@](C)(C(=O)O2)C3(C)C)c2ccc(cc2C(=O)c2ccccc2-c2ccccc2)C[C@@H](O)CC1. The molecule has 4 aliphatic carbocycles. The number of amides is 1. The summed E-state index contributed by atoms with van der Waals surface area (Å²) in [6.45, 7) is 11.2. The number of benzene rings is 3. The number of rotatable bonds is 8. The van der Waals surface area contributed by atoms with E-state index in [0.717, 1.165) is 41.5 Å². The van der Waals surface area contributed by atoms with Crippen LogP contribution in [0.2, 0.25) is 0 Å². The van der Waals surface area contributed by atoms with Crippen LogP contribution in [0.15, 0.2) is 84.4 Å². The number of fused-ring (bicyclic) bond motifs is 10. The molecule has 3 aromatic rings. The first-order chi connectivity index (χ1) is 27.6. The second kappa shape index (κ2) is 15.2. The Kier molecular flexibility index (Phi) is 10.6. The highest BCUT2D eigenvalue weighted by atomic mass is 16.6. The molecule has 308 valence electrons. The number of hydrogen-bond donors (Lipinski definition) is 2. The van der Waals surface area contributed by atoms with E-state index < -0.39 is 33.6 Å². The van der Waals surface area contributed by atoms with Gasteiger partial charge in [0.2, 0.25) is 0 Å². The summed E-state index contributed by atoms with van der Waals surface area (Å²) in [6.07, 6.45) is 8.40. The minimum atomic E-state index is -1.34. The number of esters is 1. The Balaban J connectivity index is 1.22. The molecule has 4 fully saturated rings. The van der Waals surface area contributed by atoms with Crippen LogP contribution < -0.4 is 0 Å². The van der Waals surface area contributed by atoms with Gasteiger partial charge in [-0.15, -0.1) is 0 Å². The second-order valence-corrected chi connectivity index (χ2v) is 19.2. The van der Waals surface area contributed by atoms with Crippen LogP contribution in [0.1, 0.15) is 132 Å². The zero-order valence-electron chi connectivity index (χ0n) is 35.0. The van der Waals surface area contributed by atoms with Crippen molar-refractivity contribution in [1.82, 2.24) is 4.90 Å². The highest BCUT2D eigenvalue weighted by Crippen LogP contribution is 2.66. The summed E-state index contributed by atoms with van der Waals surface area (Å²) >= 11 is 0. The van der Waals surface area contributed by atoms with Crippen LogP contribution in [-0.4, -0.2) is 75.9 Å². The molecule has 0 aromatic heterocycles. The smallest absolute Gasteiger partial charge is 0.313 e. The largest absolute Gasteiger partial charge is 0.448 e. The van der Waals surface area contributed by atoms with E-state index in [0.29, 0.717) is 75.6 Å². The number of allylic oxidation sites excluding steroid dienone is 2. The zero-order chi connectivity index (χ0) is 41.1. The Morgan fingerprint density at radius 1 is 0.879 bits per heavy atom. The molecule has 2 saturated heterocycles.